The van der Waals surface area contributed by atoms with E-state index in [2.05, 4.69) is 15.6 Å². The van der Waals surface area contributed by atoms with Crippen LogP contribution in [0.25, 0.3) is 0 Å². The first-order chi connectivity index (χ1) is 9.41. The first kappa shape index (κ1) is 22.9. The molecule has 0 saturated heterocycles. The van der Waals surface area contributed by atoms with Gasteiger partial charge in [-0.3, -0.25) is 14.6 Å². The van der Waals surface area contributed by atoms with Crippen molar-refractivity contribution >= 4 is 36.6 Å². The molecule has 0 aliphatic carbocycles. The lowest BCUT2D eigenvalue weighted by Gasteiger charge is -2.17. The predicted molar refractivity (Wildman–Crippen MR) is 91.1 cm³/mol. The van der Waals surface area contributed by atoms with Gasteiger partial charge in [-0.25, -0.2) is 0 Å². The van der Waals surface area contributed by atoms with Crippen molar-refractivity contribution < 1.29 is 9.59 Å². The molecule has 22 heavy (non-hydrogen) atoms. The zero-order valence-corrected chi connectivity index (χ0v) is 14.5. The van der Waals surface area contributed by atoms with E-state index in [0.29, 0.717) is 0 Å². The van der Waals surface area contributed by atoms with Crippen molar-refractivity contribution in [3.8, 4) is 0 Å². The van der Waals surface area contributed by atoms with Crippen molar-refractivity contribution in [1.29, 1.82) is 0 Å². The van der Waals surface area contributed by atoms with Crippen molar-refractivity contribution in [2.75, 3.05) is 6.54 Å². The van der Waals surface area contributed by atoms with E-state index >= 15 is 0 Å². The maximum Gasteiger partial charge on any atom is 0.239 e. The quantitative estimate of drug-likeness (QED) is 0.717. The average Bonchev–Trinajstić information content (AvgIpc) is 2.44. The third-order valence-corrected chi connectivity index (χ3v) is 3.01. The van der Waals surface area contributed by atoms with Gasteiger partial charge in [0.25, 0.3) is 0 Å². The number of hydrogen-bond acceptors (Lipinski definition) is 4. The first-order valence-corrected chi connectivity index (χ1v) is 6.64. The molecular weight excluding hydrogens is 327 g/mol. The van der Waals surface area contributed by atoms with Gasteiger partial charge in [-0.15, -0.1) is 24.8 Å². The van der Waals surface area contributed by atoms with Crippen molar-refractivity contribution in [1.82, 2.24) is 15.6 Å². The SMILES string of the molecule is CC(C)[C@H](N)C(=O)NCC(=O)N[C@@H](C)c1cccnc1.Cl.Cl. The molecule has 0 aliphatic rings. The molecule has 0 aromatic carbocycles. The fourth-order valence-corrected chi connectivity index (χ4v) is 1.60. The van der Waals surface area contributed by atoms with Gasteiger partial charge in [0.15, 0.2) is 0 Å². The molecule has 2 amide bonds. The van der Waals surface area contributed by atoms with E-state index in [0.717, 1.165) is 5.56 Å². The van der Waals surface area contributed by atoms with Gasteiger partial charge in [0.1, 0.15) is 0 Å². The lowest BCUT2D eigenvalue weighted by atomic mass is 10.1. The van der Waals surface area contributed by atoms with Crippen molar-refractivity contribution in [3.63, 3.8) is 0 Å². The van der Waals surface area contributed by atoms with Crippen LogP contribution in [-0.2, 0) is 9.59 Å². The fourth-order valence-electron chi connectivity index (χ4n) is 1.60. The largest absolute Gasteiger partial charge is 0.348 e. The molecule has 1 rings (SSSR count). The molecule has 1 aromatic heterocycles. The Bertz CT molecular complexity index is 457. The van der Waals surface area contributed by atoms with Gasteiger partial charge in [0, 0.05) is 12.4 Å². The molecule has 8 heteroatoms. The molecule has 0 fully saturated rings. The lowest BCUT2D eigenvalue weighted by Crippen LogP contribution is -2.47. The van der Waals surface area contributed by atoms with Gasteiger partial charge < -0.3 is 16.4 Å². The van der Waals surface area contributed by atoms with Crippen molar-refractivity contribution in [3.05, 3.63) is 30.1 Å². The number of nitrogens with two attached hydrogens (primary N) is 1. The summed E-state index contributed by atoms with van der Waals surface area (Å²) in [6.45, 7) is 5.49. The Morgan fingerprint density at radius 3 is 2.41 bits per heavy atom. The Morgan fingerprint density at radius 2 is 1.91 bits per heavy atom. The van der Waals surface area contributed by atoms with E-state index in [4.69, 9.17) is 5.73 Å². The van der Waals surface area contributed by atoms with E-state index < -0.39 is 6.04 Å². The molecule has 0 spiro atoms. The number of carbonyl (C=O) groups is 2. The zero-order valence-electron chi connectivity index (χ0n) is 12.9. The average molecular weight is 351 g/mol. The number of halogens is 2. The van der Waals surface area contributed by atoms with Gasteiger partial charge >= 0.3 is 0 Å². The first-order valence-electron chi connectivity index (χ1n) is 6.64. The Morgan fingerprint density at radius 1 is 1.27 bits per heavy atom. The summed E-state index contributed by atoms with van der Waals surface area (Å²) in [5.74, 6) is -0.540. The minimum atomic E-state index is -0.599. The Balaban J connectivity index is 0. The smallest absolute Gasteiger partial charge is 0.239 e. The van der Waals surface area contributed by atoms with Crippen LogP contribution in [0.1, 0.15) is 32.4 Å². The van der Waals surface area contributed by atoms with Gasteiger partial charge in [-0.2, -0.15) is 0 Å². The molecule has 0 saturated carbocycles. The van der Waals surface area contributed by atoms with Gasteiger partial charge in [0.05, 0.1) is 18.6 Å². The highest BCUT2D eigenvalue weighted by Gasteiger charge is 2.18. The van der Waals surface area contributed by atoms with E-state index in [9.17, 15) is 9.59 Å². The molecular formula is C14H24Cl2N4O2. The van der Waals surface area contributed by atoms with Crippen LogP contribution in [0.4, 0.5) is 0 Å². The molecule has 2 atom stereocenters. The zero-order chi connectivity index (χ0) is 15.1. The summed E-state index contributed by atoms with van der Waals surface area (Å²) in [5, 5.41) is 5.31. The maximum atomic E-state index is 11.7. The Hall–Kier alpha value is -1.37. The normalized spacial score (nSPS) is 12.4. The predicted octanol–water partition coefficient (Wildman–Crippen LogP) is 1.20. The second-order valence-corrected chi connectivity index (χ2v) is 5.06. The molecule has 0 bridgehead atoms. The number of pyridine rings is 1. The third kappa shape index (κ3) is 7.59. The number of nitrogens with zero attached hydrogens (tertiary/aromatic N) is 1. The number of aromatic nitrogens is 1. The summed E-state index contributed by atoms with van der Waals surface area (Å²) in [4.78, 5) is 27.3. The highest BCUT2D eigenvalue weighted by atomic mass is 35.5. The molecule has 1 aromatic rings. The van der Waals surface area contributed by atoms with Crippen LogP contribution in [0.15, 0.2) is 24.5 Å². The van der Waals surface area contributed by atoms with Gasteiger partial charge in [-0.1, -0.05) is 19.9 Å². The Kier molecular flexibility index (Phi) is 11.7. The molecule has 6 nitrogen and oxygen atoms in total. The summed E-state index contributed by atoms with van der Waals surface area (Å²) < 4.78 is 0. The molecule has 0 radical (unpaired) electrons. The Labute approximate surface area is 143 Å². The van der Waals surface area contributed by atoms with Crippen LogP contribution < -0.4 is 16.4 Å². The summed E-state index contributed by atoms with van der Waals surface area (Å²) in [5.41, 5.74) is 6.59. The minimum Gasteiger partial charge on any atom is -0.348 e. The van der Waals surface area contributed by atoms with Crippen LogP contribution in [0.2, 0.25) is 0 Å². The highest BCUT2D eigenvalue weighted by Crippen LogP contribution is 2.09. The topological polar surface area (TPSA) is 97.1 Å². The number of nitrogens with one attached hydrogen (secondary N) is 2. The van der Waals surface area contributed by atoms with Gasteiger partial charge in [-0.05, 0) is 24.5 Å². The number of carbonyl (C=O) groups excluding carboxylic acids is 2. The molecule has 126 valence electrons. The van der Waals surface area contributed by atoms with E-state index in [-0.39, 0.29) is 55.1 Å². The number of hydrogen-bond donors (Lipinski definition) is 3. The van der Waals surface area contributed by atoms with Crippen molar-refractivity contribution in [2.45, 2.75) is 32.9 Å². The summed E-state index contributed by atoms with van der Waals surface area (Å²) in [6, 6.07) is 2.93. The summed E-state index contributed by atoms with van der Waals surface area (Å²) in [7, 11) is 0. The second kappa shape index (κ2) is 11.2. The minimum absolute atomic E-state index is 0. The number of amides is 2. The molecule has 0 unspecified atom stereocenters. The molecule has 0 aliphatic heterocycles. The van der Waals surface area contributed by atoms with Crippen LogP contribution in [0.3, 0.4) is 0 Å². The fraction of sp³-hybridized carbons (Fsp3) is 0.500. The maximum absolute atomic E-state index is 11.7. The molecule has 4 N–H and O–H groups in total. The molecule has 1 heterocycles. The van der Waals surface area contributed by atoms with E-state index in [1.54, 1.807) is 18.5 Å². The standard InChI is InChI=1S/C14H22N4O2.2ClH/c1-9(2)13(15)14(20)17-8-12(19)18-10(3)11-5-4-6-16-7-11;;/h4-7,9-10,13H,8,15H2,1-3H3,(H,17,20)(H,18,19);2*1H/t10-,13-;;/m0../s1. The summed E-state index contributed by atoms with van der Waals surface area (Å²) in [6.07, 6.45) is 3.36. The van der Waals surface area contributed by atoms with Crippen LogP contribution in [0.5, 0.6) is 0 Å². The lowest BCUT2D eigenvalue weighted by molar-refractivity contribution is -0.127. The van der Waals surface area contributed by atoms with Crippen LogP contribution >= 0.6 is 24.8 Å². The van der Waals surface area contributed by atoms with Crippen molar-refractivity contribution in [2.24, 2.45) is 11.7 Å². The van der Waals surface area contributed by atoms with E-state index in [1.807, 2.05) is 26.8 Å². The highest BCUT2D eigenvalue weighted by molar-refractivity contribution is 5.87. The van der Waals surface area contributed by atoms with Crippen LogP contribution in [-0.4, -0.2) is 29.4 Å². The second-order valence-electron chi connectivity index (χ2n) is 5.06. The number of rotatable bonds is 6. The van der Waals surface area contributed by atoms with E-state index in [1.165, 1.54) is 0 Å². The summed E-state index contributed by atoms with van der Waals surface area (Å²) >= 11 is 0. The third-order valence-electron chi connectivity index (χ3n) is 3.01. The van der Waals surface area contributed by atoms with Crippen LogP contribution in [0, 0.1) is 5.92 Å². The monoisotopic (exact) mass is 350 g/mol. The van der Waals surface area contributed by atoms with Gasteiger partial charge in [0.2, 0.25) is 11.8 Å².